The molecule has 162 valence electrons. The lowest BCUT2D eigenvalue weighted by Crippen LogP contribution is -2.49. The number of nitrogens with zero attached hydrogens (tertiary/aromatic N) is 3. The molecule has 0 spiro atoms. The van der Waals surface area contributed by atoms with Crippen LogP contribution in [0.15, 0.2) is 41.0 Å². The van der Waals surface area contributed by atoms with Gasteiger partial charge in [0, 0.05) is 36.2 Å². The zero-order chi connectivity index (χ0) is 21.8. The van der Waals surface area contributed by atoms with Gasteiger partial charge in [-0.1, -0.05) is 19.1 Å². The number of fused-ring (bicyclic) bond motifs is 1. The molecule has 30 heavy (non-hydrogen) atoms. The third kappa shape index (κ3) is 5.36. The van der Waals surface area contributed by atoms with Gasteiger partial charge in [-0.25, -0.2) is 9.37 Å². The second-order valence-corrected chi connectivity index (χ2v) is 8.87. The number of pyridine rings is 1. The van der Waals surface area contributed by atoms with Crippen molar-refractivity contribution in [3.05, 3.63) is 57.9 Å². The highest BCUT2D eigenvalue weighted by Gasteiger charge is 2.34. The highest BCUT2D eigenvalue weighted by molar-refractivity contribution is 9.10. The van der Waals surface area contributed by atoms with Crippen molar-refractivity contribution in [2.45, 2.75) is 32.5 Å². The maximum Gasteiger partial charge on any atom is 0.259 e. The monoisotopic (exact) mass is 479 g/mol. The predicted molar refractivity (Wildman–Crippen MR) is 116 cm³/mol. The van der Waals surface area contributed by atoms with Crippen molar-refractivity contribution in [1.82, 2.24) is 14.8 Å². The Balaban J connectivity index is 1.85. The zero-order valence-corrected chi connectivity index (χ0v) is 19.0. The Morgan fingerprint density at radius 3 is 2.90 bits per heavy atom. The third-order valence-corrected chi connectivity index (χ3v) is 5.75. The SMILES string of the molecule is C[C@@H]1CN([C@H](C)CO)C(=O)c2cc(Br)cnc2O[C@@H]1CN(C)Cc1cccc(F)c1. The number of ether oxygens (including phenoxy) is 1. The van der Waals surface area contributed by atoms with Crippen molar-refractivity contribution in [2.75, 3.05) is 26.7 Å². The molecule has 2 aromatic rings. The largest absolute Gasteiger partial charge is 0.472 e. The van der Waals surface area contributed by atoms with Crippen LogP contribution in [0, 0.1) is 11.7 Å². The average molecular weight is 480 g/mol. The van der Waals surface area contributed by atoms with E-state index < -0.39 is 0 Å². The summed E-state index contributed by atoms with van der Waals surface area (Å²) in [5, 5.41) is 9.66. The Kier molecular flexibility index (Phi) is 7.44. The van der Waals surface area contributed by atoms with Gasteiger partial charge in [0.2, 0.25) is 5.88 Å². The Hall–Kier alpha value is -2.03. The van der Waals surface area contributed by atoms with E-state index in [1.807, 2.05) is 27.0 Å². The maximum absolute atomic E-state index is 13.5. The molecule has 0 aliphatic carbocycles. The van der Waals surface area contributed by atoms with Crippen molar-refractivity contribution in [3.63, 3.8) is 0 Å². The number of aliphatic hydroxyl groups excluding tert-OH is 1. The van der Waals surface area contributed by atoms with Gasteiger partial charge in [-0.2, -0.15) is 0 Å². The molecule has 1 N–H and O–H groups in total. The fraction of sp³-hybridized carbons (Fsp3) is 0.455. The Bertz CT molecular complexity index is 898. The summed E-state index contributed by atoms with van der Waals surface area (Å²) in [6.45, 7) is 5.31. The molecule has 2 heterocycles. The topological polar surface area (TPSA) is 65.9 Å². The summed E-state index contributed by atoms with van der Waals surface area (Å²) in [6, 6.07) is 7.92. The summed E-state index contributed by atoms with van der Waals surface area (Å²) in [7, 11) is 1.95. The van der Waals surface area contributed by atoms with Crippen LogP contribution in [0.5, 0.6) is 5.88 Å². The van der Waals surface area contributed by atoms with E-state index in [4.69, 9.17) is 4.74 Å². The molecule has 0 radical (unpaired) electrons. The highest BCUT2D eigenvalue weighted by Crippen LogP contribution is 2.28. The zero-order valence-electron chi connectivity index (χ0n) is 17.4. The Morgan fingerprint density at radius 1 is 1.43 bits per heavy atom. The van der Waals surface area contributed by atoms with Crippen LogP contribution >= 0.6 is 15.9 Å². The molecule has 0 bridgehead atoms. The van der Waals surface area contributed by atoms with E-state index in [0.29, 0.717) is 29.7 Å². The third-order valence-electron chi connectivity index (χ3n) is 5.32. The van der Waals surface area contributed by atoms with Crippen molar-refractivity contribution < 1.29 is 19.0 Å². The van der Waals surface area contributed by atoms with Gasteiger partial charge in [-0.3, -0.25) is 9.69 Å². The van der Waals surface area contributed by atoms with E-state index in [9.17, 15) is 14.3 Å². The number of amides is 1. The second-order valence-electron chi connectivity index (χ2n) is 7.96. The van der Waals surface area contributed by atoms with Crippen LogP contribution in [0.2, 0.25) is 0 Å². The number of likely N-dealkylation sites (N-methyl/N-ethyl adjacent to an activating group) is 1. The van der Waals surface area contributed by atoms with E-state index in [-0.39, 0.29) is 42.3 Å². The van der Waals surface area contributed by atoms with Crippen molar-refractivity contribution in [3.8, 4) is 5.88 Å². The standard InChI is InChI=1S/C22H27BrFN3O3/c1-14-10-27(15(2)13-28)22(29)19-8-17(23)9-25-21(19)30-20(14)12-26(3)11-16-5-4-6-18(24)7-16/h4-9,14-15,20,28H,10-13H2,1-3H3/t14-,15-,20-/m1/s1. The number of hydrogen-bond donors (Lipinski definition) is 1. The van der Waals surface area contributed by atoms with Crippen LogP contribution in [-0.2, 0) is 6.54 Å². The Labute approximate surface area is 184 Å². The van der Waals surface area contributed by atoms with Gasteiger partial charge in [0.05, 0.1) is 12.6 Å². The lowest BCUT2D eigenvalue weighted by atomic mass is 10.00. The minimum atomic E-state index is -0.324. The summed E-state index contributed by atoms with van der Waals surface area (Å²) in [5.41, 5.74) is 1.25. The molecule has 1 aliphatic heterocycles. The summed E-state index contributed by atoms with van der Waals surface area (Å²) < 4.78 is 20.4. The number of carbonyl (C=O) groups is 1. The van der Waals surface area contributed by atoms with Crippen molar-refractivity contribution in [1.29, 1.82) is 0 Å². The molecule has 0 unspecified atom stereocenters. The van der Waals surface area contributed by atoms with Crippen molar-refractivity contribution in [2.24, 2.45) is 5.92 Å². The van der Waals surface area contributed by atoms with E-state index in [2.05, 4.69) is 25.8 Å². The van der Waals surface area contributed by atoms with Crippen LogP contribution in [0.4, 0.5) is 4.39 Å². The lowest BCUT2D eigenvalue weighted by Gasteiger charge is -2.37. The first-order chi connectivity index (χ1) is 14.3. The van der Waals surface area contributed by atoms with Gasteiger partial charge in [-0.15, -0.1) is 0 Å². The van der Waals surface area contributed by atoms with Gasteiger partial charge < -0.3 is 14.7 Å². The molecule has 3 atom stereocenters. The normalized spacial score (nSPS) is 20.4. The first-order valence-electron chi connectivity index (χ1n) is 9.95. The van der Waals surface area contributed by atoms with Gasteiger partial charge in [-0.05, 0) is 53.7 Å². The number of hydrogen-bond acceptors (Lipinski definition) is 5. The quantitative estimate of drug-likeness (QED) is 0.688. The number of carbonyl (C=O) groups excluding carboxylic acids is 1. The van der Waals surface area contributed by atoms with Crippen LogP contribution in [0.3, 0.4) is 0 Å². The van der Waals surface area contributed by atoms with Gasteiger partial charge in [0.1, 0.15) is 17.5 Å². The van der Waals surface area contributed by atoms with E-state index >= 15 is 0 Å². The lowest BCUT2D eigenvalue weighted by molar-refractivity contribution is 0.0325. The van der Waals surface area contributed by atoms with Gasteiger partial charge in [0.25, 0.3) is 5.91 Å². The van der Waals surface area contributed by atoms with Crippen LogP contribution in [-0.4, -0.2) is 64.7 Å². The number of rotatable bonds is 6. The van der Waals surface area contributed by atoms with Gasteiger partial charge in [0.15, 0.2) is 0 Å². The van der Waals surface area contributed by atoms with E-state index in [0.717, 1.165) is 5.56 Å². The predicted octanol–water partition coefficient (Wildman–Crippen LogP) is 3.34. The summed E-state index contributed by atoms with van der Waals surface area (Å²) in [6.07, 6.45) is 1.36. The van der Waals surface area contributed by atoms with Crippen LogP contribution in [0.1, 0.15) is 29.8 Å². The first-order valence-corrected chi connectivity index (χ1v) is 10.7. The average Bonchev–Trinajstić information content (AvgIpc) is 2.70. The molecule has 8 heteroatoms. The molecule has 1 aromatic carbocycles. The summed E-state index contributed by atoms with van der Waals surface area (Å²) in [5.74, 6) is -0.184. The second kappa shape index (κ2) is 9.85. The fourth-order valence-corrected chi connectivity index (χ4v) is 3.94. The summed E-state index contributed by atoms with van der Waals surface area (Å²) in [4.78, 5) is 21.2. The molecule has 0 fully saturated rings. The number of benzene rings is 1. The van der Waals surface area contributed by atoms with E-state index in [1.54, 1.807) is 23.2 Å². The molecular weight excluding hydrogens is 453 g/mol. The smallest absolute Gasteiger partial charge is 0.259 e. The molecule has 1 aliphatic rings. The molecular formula is C22H27BrFN3O3. The minimum Gasteiger partial charge on any atom is -0.472 e. The molecule has 0 saturated heterocycles. The number of halogens is 2. The molecule has 0 saturated carbocycles. The van der Waals surface area contributed by atoms with Crippen LogP contribution in [0.25, 0.3) is 0 Å². The van der Waals surface area contributed by atoms with Crippen LogP contribution < -0.4 is 4.74 Å². The maximum atomic E-state index is 13.5. The fourth-order valence-electron chi connectivity index (χ4n) is 3.61. The number of aromatic nitrogens is 1. The molecule has 1 amide bonds. The molecule has 3 rings (SSSR count). The minimum absolute atomic E-state index is 0.00323. The van der Waals surface area contributed by atoms with Gasteiger partial charge >= 0.3 is 0 Å². The van der Waals surface area contributed by atoms with Crippen molar-refractivity contribution >= 4 is 21.8 Å². The first kappa shape index (κ1) is 22.7. The number of aliphatic hydroxyl groups is 1. The van der Waals surface area contributed by atoms with E-state index in [1.165, 1.54) is 12.1 Å². The molecule has 1 aromatic heterocycles. The summed E-state index contributed by atoms with van der Waals surface area (Å²) >= 11 is 3.37. The Morgan fingerprint density at radius 2 is 2.20 bits per heavy atom. The molecule has 6 nitrogen and oxygen atoms in total. The highest BCUT2D eigenvalue weighted by atomic mass is 79.9.